The number of hydrogen-bond acceptors (Lipinski definition) is 5. The highest BCUT2D eigenvalue weighted by Crippen LogP contribution is 2.34. The molecule has 0 bridgehead atoms. The van der Waals surface area contributed by atoms with E-state index in [0.29, 0.717) is 24.8 Å². The maximum Gasteiger partial charge on any atom is 0.240 e. The zero-order valence-corrected chi connectivity index (χ0v) is 17.5. The minimum absolute atomic E-state index is 0.0444. The van der Waals surface area contributed by atoms with Gasteiger partial charge in [-0.1, -0.05) is 18.2 Å². The van der Waals surface area contributed by atoms with Crippen LogP contribution in [-0.2, 0) is 11.3 Å². The van der Waals surface area contributed by atoms with Crippen LogP contribution in [0.3, 0.4) is 0 Å². The van der Waals surface area contributed by atoms with Crippen LogP contribution in [0.5, 0.6) is 5.75 Å². The number of hydrogen-bond donors (Lipinski definition) is 3. The van der Waals surface area contributed by atoms with Gasteiger partial charge in [0.05, 0.1) is 13.2 Å². The lowest BCUT2D eigenvalue weighted by Gasteiger charge is -2.23. The first-order valence-corrected chi connectivity index (χ1v) is 9.91. The smallest absolute Gasteiger partial charge is 0.240 e. The average Bonchev–Trinajstić information content (AvgIpc) is 2.70. The van der Waals surface area contributed by atoms with Gasteiger partial charge in [0.15, 0.2) is 5.76 Å². The molecule has 154 valence electrons. The lowest BCUT2D eigenvalue weighted by Crippen LogP contribution is -2.27. The van der Waals surface area contributed by atoms with Gasteiger partial charge in [-0.25, -0.2) is 0 Å². The summed E-state index contributed by atoms with van der Waals surface area (Å²) in [5, 5.41) is 22.3. The maximum absolute atomic E-state index is 9.71. The highest BCUT2D eigenvalue weighted by molar-refractivity contribution is 5.75. The standard InChI is InChI=1S/C24H29NO4/c1-5-21-23(27)24(29-21)25-10-7-11-28-19-12-15(2)22(16(3)13-19)20-9-6-8-18(14-26)17(20)4/h5-6,8-9,12-13,25-27H,7,10-11,14H2,1-4H3/b21-5-. The van der Waals surface area contributed by atoms with Crippen LogP contribution in [0.2, 0.25) is 0 Å². The fraction of sp³-hybridized carbons (Fsp3) is 0.333. The van der Waals surface area contributed by atoms with Crippen LogP contribution in [-0.4, -0.2) is 23.4 Å². The van der Waals surface area contributed by atoms with E-state index in [1.165, 1.54) is 5.56 Å². The molecule has 29 heavy (non-hydrogen) atoms. The SMILES string of the molecule is C/C=C1\OC(NCCCOc2cc(C)c(-c3cccc(CO)c3C)c(C)c2)=C1O. The van der Waals surface area contributed by atoms with Crippen LogP contribution in [0.15, 0.2) is 53.8 Å². The van der Waals surface area contributed by atoms with Crippen molar-refractivity contribution in [3.63, 3.8) is 0 Å². The molecule has 0 saturated heterocycles. The highest BCUT2D eigenvalue weighted by Gasteiger charge is 2.24. The zero-order chi connectivity index (χ0) is 21.0. The third-order valence-corrected chi connectivity index (χ3v) is 5.19. The summed E-state index contributed by atoms with van der Waals surface area (Å²) < 4.78 is 11.2. The first kappa shape index (κ1) is 20.8. The van der Waals surface area contributed by atoms with Gasteiger partial charge in [-0.2, -0.15) is 0 Å². The Bertz CT molecular complexity index is 936. The number of allylic oxidation sites excluding steroid dienone is 1. The molecule has 0 aromatic heterocycles. The molecule has 0 fully saturated rings. The van der Waals surface area contributed by atoms with E-state index in [2.05, 4.69) is 44.3 Å². The van der Waals surface area contributed by atoms with Gasteiger partial charge >= 0.3 is 0 Å². The Labute approximate surface area is 172 Å². The lowest BCUT2D eigenvalue weighted by molar-refractivity contribution is 0.156. The summed E-state index contributed by atoms with van der Waals surface area (Å²) in [6.45, 7) is 9.30. The van der Waals surface area contributed by atoms with Crippen LogP contribution >= 0.6 is 0 Å². The molecule has 2 aromatic rings. The van der Waals surface area contributed by atoms with Crippen molar-refractivity contribution in [2.24, 2.45) is 0 Å². The van der Waals surface area contributed by atoms with Gasteiger partial charge in [0.2, 0.25) is 11.6 Å². The molecular weight excluding hydrogens is 366 g/mol. The van der Waals surface area contributed by atoms with Crippen molar-refractivity contribution >= 4 is 0 Å². The van der Waals surface area contributed by atoms with Gasteiger partial charge in [0.1, 0.15) is 5.75 Å². The largest absolute Gasteiger partial charge is 0.501 e. The van der Waals surface area contributed by atoms with Gasteiger partial charge in [-0.05, 0) is 85.7 Å². The van der Waals surface area contributed by atoms with Gasteiger partial charge in [-0.15, -0.1) is 0 Å². The molecule has 3 N–H and O–H groups in total. The molecular formula is C24H29NO4. The van der Waals surface area contributed by atoms with Crippen molar-refractivity contribution in [1.82, 2.24) is 5.32 Å². The van der Waals surface area contributed by atoms with E-state index in [1.807, 2.05) is 19.1 Å². The summed E-state index contributed by atoms with van der Waals surface area (Å²) in [6.07, 6.45) is 2.50. The van der Waals surface area contributed by atoms with Crippen molar-refractivity contribution in [2.75, 3.05) is 13.2 Å². The maximum atomic E-state index is 9.71. The molecule has 3 rings (SSSR count). The third-order valence-electron chi connectivity index (χ3n) is 5.19. The molecule has 0 aliphatic carbocycles. The van der Waals surface area contributed by atoms with Gasteiger partial charge in [0.25, 0.3) is 0 Å². The van der Waals surface area contributed by atoms with E-state index in [4.69, 9.17) is 9.47 Å². The molecule has 0 atom stereocenters. The van der Waals surface area contributed by atoms with E-state index >= 15 is 0 Å². The average molecular weight is 395 g/mol. The lowest BCUT2D eigenvalue weighted by atomic mass is 9.90. The van der Waals surface area contributed by atoms with Crippen LogP contribution in [0.1, 0.15) is 35.6 Å². The summed E-state index contributed by atoms with van der Waals surface area (Å²) in [7, 11) is 0. The monoisotopic (exact) mass is 395 g/mol. The molecule has 0 radical (unpaired) electrons. The number of aliphatic hydroxyl groups is 2. The van der Waals surface area contributed by atoms with Crippen molar-refractivity contribution in [2.45, 2.75) is 40.7 Å². The van der Waals surface area contributed by atoms with E-state index in [0.717, 1.165) is 40.0 Å². The molecule has 0 unspecified atom stereocenters. The predicted molar refractivity (Wildman–Crippen MR) is 115 cm³/mol. The number of aryl methyl sites for hydroxylation is 2. The summed E-state index contributed by atoms with van der Waals surface area (Å²) in [5.74, 6) is 1.96. The Balaban J connectivity index is 1.61. The van der Waals surface area contributed by atoms with Crippen LogP contribution in [0.4, 0.5) is 0 Å². The molecule has 5 heteroatoms. The topological polar surface area (TPSA) is 71.0 Å². The van der Waals surface area contributed by atoms with E-state index in [-0.39, 0.29) is 12.4 Å². The number of benzene rings is 2. The Morgan fingerprint density at radius 3 is 2.48 bits per heavy atom. The zero-order valence-electron chi connectivity index (χ0n) is 17.5. The Morgan fingerprint density at radius 1 is 1.14 bits per heavy atom. The molecule has 2 aromatic carbocycles. The molecule has 0 saturated carbocycles. The predicted octanol–water partition coefficient (Wildman–Crippen LogP) is 4.79. The summed E-state index contributed by atoms with van der Waals surface area (Å²) in [4.78, 5) is 0. The van der Waals surface area contributed by atoms with Crippen LogP contribution in [0.25, 0.3) is 11.1 Å². The fourth-order valence-corrected chi connectivity index (χ4v) is 3.61. The Hall–Kier alpha value is -2.92. The molecule has 1 aliphatic rings. The number of ether oxygens (including phenoxy) is 2. The van der Waals surface area contributed by atoms with Gasteiger partial charge in [0, 0.05) is 6.54 Å². The highest BCUT2D eigenvalue weighted by atomic mass is 16.5. The molecule has 1 aliphatic heterocycles. The van der Waals surface area contributed by atoms with Crippen molar-refractivity contribution < 1.29 is 19.7 Å². The molecule has 0 amide bonds. The number of nitrogens with one attached hydrogen (secondary N) is 1. The molecule has 5 nitrogen and oxygen atoms in total. The third kappa shape index (κ3) is 4.40. The second-order valence-corrected chi connectivity index (χ2v) is 7.24. The Kier molecular flexibility index (Phi) is 6.49. The normalized spacial score (nSPS) is 14.6. The van der Waals surface area contributed by atoms with Crippen molar-refractivity contribution in [3.05, 3.63) is 76.1 Å². The second kappa shape index (κ2) is 9.05. The van der Waals surface area contributed by atoms with Gasteiger partial charge in [-0.3, -0.25) is 0 Å². The minimum atomic E-state index is 0.0444. The van der Waals surface area contributed by atoms with Gasteiger partial charge < -0.3 is 25.0 Å². The second-order valence-electron chi connectivity index (χ2n) is 7.24. The summed E-state index contributed by atoms with van der Waals surface area (Å²) >= 11 is 0. The van der Waals surface area contributed by atoms with Crippen molar-refractivity contribution in [1.29, 1.82) is 0 Å². The quantitative estimate of drug-likeness (QED) is 0.561. The van der Waals surface area contributed by atoms with E-state index in [9.17, 15) is 10.2 Å². The van der Waals surface area contributed by atoms with Crippen LogP contribution in [0, 0.1) is 20.8 Å². The summed E-state index contributed by atoms with van der Waals surface area (Å²) in [5.41, 5.74) is 6.69. The van der Waals surface area contributed by atoms with E-state index < -0.39 is 0 Å². The Morgan fingerprint density at radius 2 is 1.86 bits per heavy atom. The first-order valence-electron chi connectivity index (χ1n) is 9.91. The number of aliphatic hydroxyl groups excluding tert-OH is 2. The van der Waals surface area contributed by atoms with E-state index in [1.54, 1.807) is 6.08 Å². The first-order chi connectivity index (χ1) is 14.0. The minimum Gasteiger partial charge on any atom is -0.501 e. The molecule has 0 spiro atoms. The summed E-state index contributed by atoms with van der Waals surface area (Å²) in [6, 6.07) is 10.2. The molecule has 1 heterocycles. The fourth-order valence-electron chi connectivity index (χ4n) is 3.61. The van der Waals surface area contributed by atoms with Crippen LogP contribution < -0.4 is 10.1 Å². The van der Waals surface area contributed by atoms with Crippen molar-refractivity contribution in [3.8, 4) is 16.9 Å². The number of rotatable bonds is 8.